The molecule has 2 aromatic carbocycles. The molecular weight excluding hydrogens is 418 g/mol. The first kappa shape index (κ1) is 18.9. The second-order valence-corrected chi connectivity index (χ2v) is 8.33. The van der Waals surface area contributed by atoms with Gasteiger partial charge in [-0.2, -0.15) is 0 Å². The molecule has 1 saturated carbocycles. The lowest BCUT2D eigenvalue weighted by Crippen LogP contribution is -2.40. The van der Waals surface area contributed by atoms with E-state index in [-0.39, 0.29) is 17.4 Å². The Labute approximate surface area is 173 Å². The fourth-order valence-corrected chi connectivity index (χ4v) is 4.58. The number of aliphatic hydroxyl groups excluding tert-OH is 1. The smallest absolute Gasteiger partial charge is 0.295 e. The molecule has 144 valence electrons. The summed E-state index contributed by atoms with van der Waals surface area (Å²) >= 11 is 3.38. The standard InChI is InChI=1S/C23H22BrNO3/c24-17-13-11-16(12-14-17)21(26)19-20(15-7-3-1-4-8-15)25(23(28)22(19)27)18-9-5-2-6-10-18/h1,3-4,7-8,11-14,18,20,26H,2,5-6,9-10H2/b21-19-. The number of aliphatic hydroxyl groups is 1. The summed E-state index contributed by atoms with van der Waals surface area (Å²) in [4.78, 5) is 27.7. The Morgan fingerprint density at radius 3 is 2.21 bits per heavy atom. The van der Waals surface area contributed by atoms with E-state index in [0.717, 1.165) is 42.1 Å². The van der Waals surface area contributed by atoms with Gasteiger partial charge in [-0.25, -0.2) is 0 Å². The highest BCUT2D eigenvalue weighted by molar-refractivity contribution is 9.10. The van der Waals surface area contributed by atoms with Crippen molar-refractivity contribution >= 4 is 33.4 Å². The van der Waals surface area contributed by atoms with Gasteiger partial charge in [0.1, 0.15) is 5.76 Å². The molecule has 28 heavy (non-hydrogen) atoms. The van der Waals surface area contributed by atoms with Crippen LogP contribution in [0.1, 0.15) is 49.3 Å². The average molecular weight is 440 g/mol. The Balaban J connectivity index is 1.85. The molecule has 4 nitrogen and oxygen atoms in total. The van der Waals surface area contributed by atoms with Crippen LogP contribution in [0.4, 0.5) is 0 Å². The average Bonchev–Trinajstić information content (AvgIpc) is 3.00. The van der Waals surface area contributed by atoms with E-state index < -0.39 is 17.7 Å². The molecule has 1 heterocycles. The molecule has 0 aromatic heterocycles. The Bertz CT molecular complexity index is 915. The van der Waals surface area contributed by atoms with Crippen LogP contribution in [0.5, 0.6) is 0 Å². The van der Waals surface area contributed by atoms with Crippen LogP contribution in [-0.4, -0.2) is 27.7 Å². The number of hydrogen-bond acceptors (Lipinski definition) is 3. The van der Waals surface area contributed by atoms with Crippen molar-refractivity contribution in [3.8, 4) is 0 Å². The van der Waals surface area contributed by atoms with E-state index in [0.29, 0.717) is 5.56 Å². The van der Waals surface area contributed by atoms with Crippen molar-refractivity contribution in [2.75, 3.05) is 0 Å². The van der Waals surface area contributed by atoms with Crippen LogP contribution in [0.25, 0.3) is 5.76 Å². The molecule has 1 aliphatic heterocycles. The van der Waals surface area contributed by atoms with E-state index >= 15 is 0 Å². The van der Waals surface area contributed by atoms with Gasteiger partial charge in [-0.15, -0.1) is 0 Å². The van der Waals surface area contributed by atoms with Gasteiger partial charge < -0.3 is 10.0 Å². The van der Waals surface area contributed by atoms with Crippen LogP contribution in [0, 0.1) is 0 Å². The second-order valence-electron chi connectivity index (χ2n) is 7.42. The number of benzene rings is 2. The minimum atomic E-state index is -0.597. The zero-order chi connectivity index (χ0) is 19.7. The van der Waals surface area contributed by atoms with Gasteiger partial charge in [-0.3, -0.25) is 9.59 Å². The Hall–Kier alpha value is -2.40. The number of carbonyl (C=O) groups is 2. The van der Waals surface area contributed by atoms with Crippen molar-refractivity contribution in [2.24, 2.45) is 0 Å². The highest BCUT2D eigenvalue weighted by atomic mass is 79.9. The zero-order valence-electron chi connectivity index (χ0n) is 15.5. The third-order valence-corrected chi connectivity index (χ3v) is 6.21. The summed E-state index contributed by atoms with van der Waals surface area (Å²) in [5.74, 6) is -1.21. The SMILES string of the molecule is O=C1C(=O)N(C2CCCCC2)C(c2ccccc2)/C1=C(/O)c1ccc(Br)cc1. The van der Waals surface area contributed by atoms with Gasteiger partial charge in [-0.05, 0) is 30.5 Å². The monoisotopic (exact) mass is 439 g/mol. The summed E-state index contributed by atoms with van der Waals surface area (Å²) < 4.78 is 0.881. The van der Waals surface area contributed by atoms with Gasteiger partial charge in [0.05, 0.1) is 11.6 Å². The molecule has 1 amide bonds. The van der Waals surface area contributed by atoms with Gasteiger partial charge >= 0.3 is 0 Å². The predicted molar refractivity (Wildman–Crippen MR) is 112 cm³/mol. The van der Waals surface area contributed by atoms with E-state index in [1.54, 1.807) is 17.0 Å². The van der Waals surface area contributed by atoms with Crippen molar-refractivity contribution in [3.05, 3.63) is 75.8 Å². The minimum Gasteiger partial charge on any atom is -0.507 e. The minimum absolute atomic E-state index is 0.0330. The van der Waals surface area contributed by atoms with Gasteiger partial charge in [0, 0.05) is 16.1 Å². The lowest BCUT2D eigenvalue weighted by atomic mass is 9.91. The van der Waals surface area contributed by atoms with Crippen LogP contribution < -0.4 is 0 Å². The molecule has 1 saturated heterocycles. The summed E-state index contributed by atoms with van der Waals surface area (Å²) in [6.45, 7) is 0. The highest BCUT2D eigenvalue weighted by Crippen LogP contribution is 2.42. The van der Waals surface area contributed by atoms with Crippen LogP contribution in [0.2, 0.25) is 0 Å². The number of carbonyl (C=O) groups excluding carboxylic acids is 2. The van der Waals surface area contributed by atoms with E-state index in [1.807, 2.05) is 42.5 Å². The molecule has 2 aromatic rings. The third kappa shape index (κ3) is 3.39. The van der Waals surface area contributed by atoms with Gasteiger partial charge in [0.25, 0.3) is 11.7 Å². The van der Waals surface area contributed by atoms with Crippen molar-refractivity contribution in [1.29, 1.82) is 0 Å². The number of Topliss-reactive ketones (excluding diaryl/α,β-unsaturated/α-hetero) is 1. The molecular formula is C23H22BrNO3. The van der Waals surface area contributed by atoms with Gasteiger partial charge in [0.2, 0.25) is 0 Å². The lowest BCUT2D eigenvalue weighted by Gasteiger charge is -2.35. The number of nitrogens with zero attached hydrogens (tertiary/aromatic N) is 1. The number of halogens is 1. The van der Waals surface area contributed by atoms with E-state index in [9.17, 15) is 14.7 Å². The second kappa shape index (κ2) is 7.92. The van der Waals surface area contributed by atoms with Crippen LogP contribution in [0.15, 0.2) is 64.6 Å². The molecule has 1 atom stereocenters. The van der Waals surface area contributed by atoms with Crippen LogP contribution in [0.3, 0.4) is 0 Å². The first-order chi connectivity index (χ1) is 13.6. The van der Waals surface area contributed by atoms with Gasteiger partial charge in [-0.1, -0.05) is 77.7 Å². The molecule has 2 aliphatic rings. The molecule has 2 fully saturated rings. The topological polar surface area (TPSA) is 57.6 Å². The number of ketones is 1. The summed E-state index contributed by atoms with van der Waals surface area (Å²) in [6.07, 6.45) is 5.07. The third-order valence-electron chi connectivity index (χ3n) is 5.68. The fourth-order valence-electron chi connectivity index (χ4n) is 4.31. The summed E-state index contributed by atoms with van der Waals surface area (Å²) in [6, 6.07) is 16.1. The molecule has 1 N–H and O–H groups in total. The van der Waals surface area contributed by atoms with Crippen molar-refractivity contribution in [1.82, 2.24) is 4.90 Å². The maximum atomic E-state index is 13.0. The van der Waals surface area contributed by atoms with Gasteiger partial charge in [0.15, 0.2) is 0 Å². The van der Waals surface area contributed by atoms with Crippen LogP contribution >= 0.6 is 15.9 Å². The summed E-state index contributed by atoms with van der Waals surface area (Å²) in [5, 5.41) is 11.0. The quantitative estimate of drug-likeness (QED) is 0.405. The largest absolute Gasteiger partial charge is 0.507 e. The molecule has 1 aliphatic carbocycles. The Morgan fingerprint density at radius 1 is 0.929 bits per heavy atom. The normalized spacial score (nSPS) is 22.6. The van der Waals surface area contributed by atoms with Crippen molar-refractivity contribution in [2.45, 2.75) is 44.2 Å². The summed E-state index contributed by atoms with van der Waals surface area (Å²) in [7, 11) is 0. The lowest BCUT2D eigenvalue weighted by molar-refractivity contribution is -0.141. The fraction of sp³-hybridized carbons (Fsp3) is 0.304. The maximum absolute atomic E-state index is 13.0. The zero-order valence-corrected chi connectivity index (χ0v) is 17.1. The first-order valence-electron chi connectivity index (χ1n) is 9.69. The van der Waals surface area contributed by atoms with E-state index in [4.69, 9.17) is 0 Å². The molecule has 0 bridgehead atoms. The molecule has 5 heteroatoms. The van der Waals surface area contributed by atoms with E-state index in [2.05, 4.69) is 15.9 Å². The summed E-state index contributed by atoms with van der Waals surface area (Å²) in [5.41, 5.74) is 1.57. The van der Waals surface area contributed by atoms with Crippen molar-refractivity contribution < 1.29 is 14.7 Å². The van der Waals surface area contributed by atoms with Crippen LogP contribution in [-0.2, 0) is 9.59 Å². The van der Waals surface area contributed by atoms with E-state index in [1.165, 1.54) is 0 Å². The number of rotatable bonds is 3. The first-order valence-corrected chi connectivity index (χ1v) is 10.5. The Morgan fingerprint density at radius 2 is 1.57 bits per heavy atom. The van der Waals surface area contributed by atoms with Crippen molar-refractivity contribution in [3.63, 3.8) is 0 Å². The maximum Gasteiger partial charge on any atom is 0.295 e. The molecule has 0 radical (unpaired) electrons. The number of hydrogen-bond donors (Lipinski definition) is 1. The highest BCUT2D eigenvalue weighted by Gasteiger charge is 2.48. The molecule has 1 unspecified atom stereocenters. The molecule has 4 rings (SSSR count). The number of amides is 1. The molecule has 0 spiro atoms. The Kier molecular flexibility index (Phi) is 5.36. The number of likely N-dealkylation sites (tertiary alicyclic amines) is 1. The predicted octanol–water partition coefficient (Wildman–Crippen LogP) is 5.20.